The molecule has 0 aliphatic heterocycles. The van der Waals surface area contributed by atoms with Gasteiger partial charge >= 0.3 is 0 Å². The van der Waals surface area contributed by atoms with Crippen LogP contribution < -0.4 is 14.2 Å². The molecule has 0 saturated heterocycles. The van der Waals surface area contributed by atoms with E-state index in [9.17, 15) is 0 Å². The van der Waals surface area contributed by atoms with E-state index < -0.39 is 0 Å². The molecular weight excluding hydrogens is 410 g/mol. The number of hydrogen-bond acceptors (Lipinski definition) is 3. The molecule has 1 aromatic carbocycles. The van der Waals surface area contributed by atoms with Gasteiger partial charge < -0.3 is 14.2 Å². The Morgan fingerprint density at radius 1 is 0.857 bits per heavy atom. The largest absolute Gasteiger partial charge is 0.495 e. The molecule has 0 aromatic heterocycles. The Hall–Kier alpha value is 0.0800. The zero-order valence-corrected chi connectivity index (χ0v) is 12.4. The summed E-state index contributed by atoms with van der Waals surface area (Å²) >= 11 is 4.38. The first-order chi connectivity index (χ1) is 6.65. The highest BCUT2D eigenvalue weighted by Gasteiger charge is 2.16. The van der Waals surface area contributed by atoms with Gasteiger partial charge in [-0.2, -0.15) is 0 Å². The first-order valence-electron chi connectivity index (χ1n) is 3.79. The van der Waals surface area contributed by atoms with Crippen LogP contribution in [0, 0.1) is 7.14 Å². The molecule has 0 N–H and O–H groups in total. The highest BCUT2D eigenvalue weighted by atomic mass is 127. The Bertz CT molecular complexity index is 311. The van der Waals surface area contributed by atoms with Crippen molar-refractivity contribution in [2.24, 2.45) is 0 Å². The van der Waals surface area contributed by atoms with Gasteiger partial charge in [-0.3, -0.25) is 0 Å². The van der Waals surface area contributed by atoms with Crippen molar-refractivity contribution in [2.75, 3.05) is 21.3 Å². The molecule has 5 heteroatoms. The molecule has 0 heterocycles. The molecule has 1 aromatic rings. The molecule has 0 fully saturated rings. The predicted octanol–water partition coefficient (Wildman–Crippen LogP) is 2.92. The number of ether oxygens (including phenoxy) is 3. The van der Waals surface area contributed by atoms with E-state index in [-0.39, 0.29) is 0 Å². The lowest BCUT2D eigenvalue weighted by atomic mass is 10.3. The third kappa shape index (κ3) is 2.18. The van der Waals surface area contributed by atoms with Crippen LogP contribution in [-0.2, 0) is 0 Å². The van der Waals surface area contributed by atoms with Crippen molar-refractivity contribution in [3.63, 3.8) is 0 Å². The quantitative estimate of drug-likeness (QED) is 0.705. The first-order valence-corrected chi connectivity index (χ1v) is 5.95. The van der Waals surface area contributed by atoms with E-state index in [1.807, 2.05) is 6.07 Å². The lowest BCUT2D eigenvalue weighted by Gasteiger charge is -2.13. The highest BCUT2D eigenvalue weighted by Crippen LogP contribution is 2.40. The summed E-state index contributed by atoms with van der Waals surface area (Å²) in [6.45, 7) is 0. The minimum atomic E-state index is 0.764. The molecule has 0 atom stereocenters. The molecule has 0 aliphatic carbocycles. The molecule has 0 radical (unpaired) electrons. The number of methoxy groups -OCH3 is 3. The monoisotopic (exact) mass is 420 g/mol. The zero-order chi connectivity index (χ0) is 10.7. The van der Waals surface area contributed by atoms with Crippen molar-refractivity contribution in [1.29, 1.82) is 0 Å². The van der Waals surface area contributed by atoms with Gasteiger partial charge in [0.1, 0.15) is 11.5 Å². The van der Waals surface area contributed by atoms with E-state index >= 15 is 0 Å². The Balaban J connectivity index is 3.39. The van der Waals surface area contributed by atoms with Gasteiger partial charge in [0.05, 0.1) is 28.5 Å². The number of benzene rings is 1. The van der Waals surface area contributed by atoms with Gasteiger partial charge in [-0.05, 0) is 45.2 Å². The molecular formula is C9H10I2O3. The third-order valence-electron chi connectivity index (χ3n) is 1.74. The predicted molar refractivity (Wildman–Crippen MR) is 71.5 cm³/mol. The Kier molecular flexibility index (Phi) is 4.55. The molecule has 1 rings (SSSR count). The van der Waals surface area contributed by atoms with Gasteiger partial charge in [0.25, 0.3) is 0 Å². The highest BCUT2D eigenvalue weighted by molar-refractivity contribution is 14.1. The number of rotatable bonds is 3. The lowest BCUT2D eigenvalue weighted by molar-refractivity contribution is 0.367. The van der Waals surface area contributed by atoms with E-state index in [4.69, 9.17) is 14.2 Å². The first kappa shape index (κ1) is 12.2. The van der Waals surface area contributed by atoms with Crippen LogP contribution in [0.1, 0.15) is 0 Å². The molecule has 0 bridgehead atoms. The summed E-state index contributed by atoms with van der Waals surface area (Å²) in [4.78, 5) is 0. The Morgan fingerprint density at radius 3 is 1.57 bits per heavy atom. The fraction of sp³-hybridized carbons (Fsp3) is 0.333. The Labute approximate surface area is 110 Å². The summed E-state index contributed by atoms with van der Waals surface area (Å²) in [5, 5.41) is 0. The zero-order valence-electron chi connectivity index (χ0n) is 8.06. The van der Waals surface area contributed by atoms with Crippen molar-refractivity contribution in [1.82, 2.24) is 0 Å². The van der Waals surface area contributed by atoms with Gasteiger partial charge in [0.2, 0.25) is 0 Å². The van der Waals surface area contributed by atoms with Crippen LogP contribution in [0.15, 0.2) is 6.07 Å². The van der Waals surface area contributed by atoms with Crippen molar-refractivity contribution in [2.45, 2.75) is 0 Å². The maximum absolute atomic E-state index is 5.29. The van der Waals surface area contributed by atoms with E-state index in [2.05, 4.69) is 45.2 Å². The van der Waals surface area contributed by atoms with Crippen LogP contribution in [0.3, 0.4) is 0 Å². The normalized spacial score (nSPS) is 9.79. The van der Waals surface area contributed by atoms with Crippen LogP contribution in [0.4, 0.5) is 0 Å². The van der Waals surface area contributed by atoms with Crippen LogP contribution in [0.5, 0.6) is 17.2 Å². The summed E-state index contributed by atoms with van der Waals surface area (Å²) in [6, 6.07) is 1.85. The SMILES string of the molecule is COc1cc(OC)c(I)c(OC)c1I. The number of hydrogen-bond donors (Lipinski definition) is 0. The van der Waals surface area contributed by atoms with E-state index in [0.717, 1.165) is 24.4 Å². The van der Waals surface area contributed by atoms with Crippen molar-refractivity contribution in [3.05, 3.63) is 13.2 Å². The summed E-state index contributed by atoms with van der Waals surface area (Å²) in [5.41, 5.74) is 0. The second kappa shape index (κ2) is 5.24. The second-order valence-corrected chi connectivity index (χ2v) is 4.60. The minimum absolute atomic E-state index is 0.764. The standard InChI is InChI=1S/C9H10I2O3/c1-12-5-4-6(13-2)8(11)9(14-3)7(5)10/h4H,1-3H3. The molecule has 14 heavy (non-hydrogen) atoms. The average molecular weight is 420 g/mol. The van der Waals surface area contributed by atoms with E-state index in [0.29, 0.717) is 0 Å². The van der Waals surface area contributed by atoms with Gasteiger partial charge in [0, 0.05) is 6.07 Å². The fourth-order valence-corrected chi connectivity index (χ4v) is 3.29. The maximum atomic E-state index is 5.29. The molecule has 0 saturated carbocycles. The van der Waals surface area contributed by atoms with Crippen LogP contribution >= 0.6 is 45.2 Å². The maximum Gasteiger partial charge on any atom is 0.153 e. The molecule has 3 nitrogen and oxygen atoms in total. The van der Waals surface area contributed by atoms with Gasteiger partial charge in [0.15, 0.2) is 5.75 Å². The summed E-state index contributed by atoms with van der Waals surface area (Å²) < 4.78 is 17.6. The molecule has 0 amide bonds. The Morgan fingerprint density at radius 2 is 1.29 bits per heavy atom. The molecule has 0 unspecified atom stereocenters. The summed E-state index contributed by atoms with van der Waals surface area (Å²) in [7, 11) is 4.89. The lowest BCUT2D eigenvalue weighted by Crippen LogP contribution is -1.98. The van der Waals surface area contributed by atoms with E-state index in [1.54, 1.807) is 21.3 Å². The fourth-order valence-electron chi connectivity index (χ4n) is 1.04. The molecule has 78 valence electrons. The van der Waals surface area contributed by atoms with Crippen LogP contribution in [0.25, 0.3) is 0 Å². The van der Waals surface area contributed by atoms with E-state index in [1.165, 1.54) is 0 Å². The average Bonchev–Trinajstić information content (AvgIpc) is 2.19. The summed E-state index contributed by atoms with van der Waals surface area (Å²) in [6.07, 6.45) is 0. The smallest absolute Gasteiger partial charge is 0.153 e. The van der Waals surface area contributed by atoms with Crippen molar-refractivity contribution < 1.29 is 14.2 Å². The van der Waals surface area contributed by atoms with Gasteiger partial charge in [-0.1, -0.05) is 0 Å². The van der Waals surface area contributed by atoms with Crippen molar-refractivity contribution in [3.8, 4) is 17.2 Å². The van der Waals surface area contributed by atoms with Crippen molar-refractivity contribution >= 4 is 45.2 Å². The molecule has 0 aliphatic rings. The summed E-state index contributed by atoms with van der Waals surface area (Å²) in [5.74, 6) is 2.32. The van der Waals surface area contributed by atoms with Crippen LogP contribution in [-0.4, -0.2) is 21.3 Å². The topological polar surface area (TPSA) is 27.7 Å². The van der Waals surface area contributed by atoms with Gasteiger partial charge in [-0.15, -0.1) is 0 Å². The van der Waals surface area contributed by atoms with Crippen LogP contribution in [0.2, 0.25) is 0 Å². The molecule has 0 spiro atoms. The minimum Gasteiger partial charge on any atom is -0.495 e. The second-order valence-electron chi connectivity index (χ2n) is 2.44. The third-order valence-corrected chi connectivity index (χ3v) is 3.78. The number of halogens is 2. The van der Waals surface area contributed by atoms with Gasteiger partial charge in [-0.25, -0.2) is 0 Å².